The second kappa shape index (κ2) is 6.98. The number of amides is 1. The minimum Gasteiger partial charge on any atom is -0.346 e. The molecule has 0 bridgehead atoms. The molecule has 1 aliphatic carbocycles. The first-order valence-corrected chi connectivity index (χ1v) is 8.99. The van der Waals surface area contributed by atoms with E-state index in [0.29, 0.717) is 24.1 Å². The van der Waals surface area contributed by atoms with Crippen LogP contribution in [0.2, 0.25) is 0 Å². The Morgan fingerprint density at radius 1 is 1.45 bits per heavy atom. The third kappa shape index (κ3) is 3.18. The largest absolute Gasteiger partial charge is 0.346 e. The molecule has 1 atom stereocenters. The molecular weight excluding hydrogens is 377 g/mol. The minimum absolute atomic E-state index is 0.0364. The van der Waals surface area contributed by atoms with Crippen molar-refractivity contribution in [2.45, 2.75) is 32.4 Å². The number of rotatable bonds is 3. The predicted molar refractivity (Wildman–Crippen MR) is 102 cm³/mol. The van der Waals surface area contributed by atoms with E-state index < -0.39 is 29.5 Å². The van der Waals surface area contributed by atoms with E-state index in [1.54, 1.807) is 6.07 Å². The van der Waals surface area contributed by atoms with Crippen LogP contribution < -0.4 is 16.6 Å². The van der Waals surface area contributed by atoms with Gasteiger partial charge in [0.05, 0.1) is 28.2 Å². The zero-order valence-electron chi connectivity index (χ0n) is 15.5. The fourth-order valence-corrected chi connectivity index (χ4v) is 3.68. The van der Waals surface area contributed by atoms with Crippen LogP contribution in [0.4, 0.5) is 4.39 Å². The second-order valence-electron chi connectivity index (χ2n) is 6.96. The molecular formula is C20H16FN5O3. The lowest BCUT2D eigenvalue weighted by molar-refractivity contribution is -0.122. The molecule has 4 rings (SSSR count). The van der Waals surface area contributed by atoms with Gasteiger partial charge in [-0.3, -0.25) is 19.1 Å². The van der Waals surface area contributed by atoms with E-state index in [4.69, 9.17) is 5.26 Å². The minimum atomic E-state index is -0.743. The molecule has 146 valence electrons. The van der Waals surface area contributed by atoms with E-state index in [1.807, 2.05) is 6.07 Å². The Kier molecular flexibility index (Phi) is 4.47. The molecule has 29 heavy (non-hydrogen) atoms. The highest BCUT2D eigenvalue weighted by atomic mass is 19.1. The van der Waals surface area contributed by atoms with Gasteiger partial charge < -0.3 is 10.3 Å². The monoisotopic (exact) mass is 393 g/mol. The molecule has 8 nitrogen and oxygen atoms in total. The summed E-state index contributed by atoms with van der Waals surface area (Å²) in [5.41, 5.74) is 0.883. The van der Waals surface area contributed by atoms with Gasteiger partial charge in [-0.05, 0) is 49.1 Å². The number of carbonyl (C=O) groups is 1. The van der Waals surface area contributed by atoms with Crippen LogP contribution in [-0.2, 0) is 17.8 Å². The van der Waals surface area contributed by atoms with E-state index in [0.717, 1.165) is 10.1 Å². The van der Waals surface area contributed by atoms with Gasteiger partial charge in [-0.25, -0.2) is 9.18 Å². The van der Waals surface area contributed by atoms with Crippen molar-refractivity contribution in [2.24, 2.45) is 0 Å². The number of aromatic amines is 1. The number of hydrogen-bond acceptors (Lipinski definition) is 5. The maximum atomic E-state index is 13.8. The van der Waals surface area contributed by atoms with Crippen LogP contribution in [-0.4, -0.2) is 20.4 Å². The number of nitrogens with zero attached hydrogens (tertiary/aromatic N) is 3. The third-order valence-electron chi connectivity index (χ3n) is 5.14. The Hall–Kier alpha value is -3.80. The second-order valence-corrected chi connectivity index (χ2v) is 6.96. The summed E-state index contributed by atoms with van der Waals surface area (Å²) < 4.78 is 14.6. The Labute approximate surface area is 163 Å². The Bertz CT molecular complexity index is 1320. The molecule has 9 heteroatoms. The van der Waals surface area contributed by atoms with Crippen molar-refractivity contribution in [3.8, 4) is 6.07 Å². The van der Waals surface area contributed by atoms with Crippen LogP contribution in [0.5, 0.6) is 0 Å². The normalized spacial score (nSPS) is 15.1. The van der Waals surface area contributed by atoms with Crippen molar-refractivity contribution in [2.75, 3.05) is 0 Å². The van der Waals surface area contributed by atoms with Gasteiger partial charge in [-0.1, -0.05) is 0 Å². The maximum absolute atomic E-state index is 13.8. The lowest BCUT2D eigenvalue weighted by Crippen LogP contribution is -2.41. The van der Waals surface area contributed by atoms with Crippen LogP contribution in [0.15, 0.2) is 34.0 Å². The molecule has 0 saturated heterocycles. The van der Waals surface area contributed by atoms with Crippen LogP contribution in [0.25, 0.3) is 10.9 Å². The number of aryl methyl sites for hydroxylation is 2. The molecule has 0 radical (unpaired) electrons. The molecule has 1 aliphatic rings. The van der Waals surface area contributed by atoms with Gasteiger partial charge in [-0.2, -0.15) is 5.26 Å². The summed E-state index contributed by atoms with van der Waals surface area (Å²) in [6, 6.07) is 5.90. The molecule has 0 spiro atoms. The Morgan fingerprint density at radius 2 is 2.24 bits per heavy atom. The summed E-state index contributed by atoms with van der Waals surface area (Å²) in [5, 5.41) is 11.8. The first-order valence-electron chi connectivity index (χ1n) is 8.99. The molecule has 3 aromatic rings. The highest BCUT2D eigenvalue weighted by molar-refractivity contribution is 5.82. The molecule has 2 heterocycles. The average Bonchev–Trinajstić information content (AvgIpc) is 3.09. The molecule has 1 aromatic carbocycles. The van der Waals surface area contributed by atoms with Crippen LogP contribution in [0, 0.1) is 24.1 Å². The zero-order valence-corrected chi connectivity index (χ0v) is 15.5. The van der Waals surface area contributed by atoms with Crippen LogP contribution in [0.3, 0.4) is 0 Å². The first kappa shape index (κ1) is 18.6. The fourth-order valence-electron chi connectivity index (χ4n) is 3.68. The van der Waals surface area contributed by atoms with Crippen molar-refractivity contribution in [1.29, 1.82) is 5.26 Å². The van der Waals surface area contributed by atoms with Gasteiger partial charge in [0.1, 0.15) is 18.4 Å². The zero-order chi connectivity index (χ0) is 20.7. The number of hydrogen-bond donors (Lipinski definition) is 2. The van der Waals surface area contributed by atoms with Crippen molar-refractivity contribution >= 4 is 16.8 Å². The molecule has 0 aliphatic heterocycles. The van der Waals surface area contributed by atoms with Crippen molar-refractivity contribution in [1.82, 2.24) is 19.9 Å². The number of H-pyrrole nitrogens is 1. The van der Waals surface area contributed by atoms with E-state index in [-0.39, 0.29) is 22.5 Å². The number of fused-ring (bicyclic) bond motifs is 2. The topological polar surface area (TPSA) is 121 Å². The summed E-state index contributed by atoms with van der Waals surface area (Å²) in [5.74, 6) is -1.10. The number of halogens is 1. The molecule has 0 saturated carbocycles. The summed E-state index contributed by atoms with van der Waals surface area (Å²) in [7, 11) is 0. The number of nitrogens with one attached hydrogen (secondary N) is 2. The van der Waals surface area contributed by atoms with Gasteiger partial charge in [0, 0.05) is 6.20 Å². The lowest BCUT2D eigenvalue weighted by atomic mass is 10.1. The smallest absolute Gasteiger partial charge is 0.329 e. The molecule has 2 aromatic heterocycles. The van der Waals surface area contributed by atoms with Crippen molar-refractivity contribution in [3.63, 3.8) is 0 Å². The van der Waals surface area contributed by atoms with Gasteiger partial charge in [0.2, 0.25) is 5.91 Å². The van der Waals surface area contributed by atoms with Gasteiger partial charge in [0.25, 0.3) is 5.56 Å². The predicted octanol–water partition coefficient (Wildman–Crippen LogP) is 1.21. The van der Waals surface area contributed by atoms with Crippen LogP contribution in [0.1, 0.15) is 34.8 Å². The molecule has 2 N–H and O–H groups in total. The third-order valence-corrected chi connectivity index (χ3v) is 5.14. The van der Waals surface area contributed by atoms with E-state index in [1.165, 1.54) is 25.3 Å². The number of nitriles is 1. The van der Waals surface area contributed by atoms with Gasteiger partial charge in [-0.15, -0.1) is 0 Å². The maximum Gasteiger partial charge on any atom is 0.329 e. The van der Waals surface area contributed by atoms with Gasteiger partial charge >= 0.3 is 5.69 Å². The average molecular weight is 393 g/mol. The number of benzene rings is 1. The first-order chi connectivity index (χ1) is 13.9. The Balaban J connectivity index is 1.61. The standard InChI is InChI=1S/C20H16FN5O3/c1-10-13(21)3-5-14-17(10)19(28)26(20(29)25-14)9-16(27)24-15-4-2-12-6-11(7-22)8-23-18(12)15/h3,5-6,8,15H,2,4,9H2,1H3,(H,24,27)(H,25,29)/t15-/m0/s1. The summed E-state index contributed by atoms with van der Waals surface area (Å²) in [4.78, 5) is 44.3. The van der Waals surface area contributed by atoms with E-state index in [2.05, 4.69) is 15.3 Å². The summed E-state index contributed by atoms with van der Waals surface area (Å²) in [6.07, 6.45) is 2.72. The summed E-state index contributed by atoms with van der Waals surface area (Å²) >= 11 is 0. The van der Waals surface area contributed by atoms with Crippen molar-refractivity contribution < 1.29 is 9.18 Å². The Morgan fingerprint density at radius 3 is 3.00 bits per heavy atom. The fraction of sp³-hybridized carbons (Fsp3) is 0.250. The summed E-state index contributed by atoms with van der Waals surface area (Å²) in [6.45, 7) is 0.945. The number of aromatic nitrogens is 3. The van der Waals surface area contributed by atoms with Gasteiger partial charge in [0.15, 0.2) is 0 Å². The molecule has 0 unspecified atom stereocenters. The lowest BCUT2D eigenvalue weighted by Gasteiger charge is -2.14. The molecule has 0 fully saturated rings. The van der Waals surface area contributed by atoms with E-state index >= 15 is 0 Å². The number of pyridine rings is 1. The quantitative estimate of drug-likeness (QED) is 0.693. The SMILES string of the molecule is Cc1c(F)ccc2[nH]c(=O)n(CC(=O)N[C@H]3CCc4cc(C#N)cnc43)c(=O)c12. The molecule has 1 amide bonds. The van der Waals surface area contributed by atoms with Crippen molar-refractivity contribution in [3.05, 3.63) is 73.4 Å². The highest BCUT2D eigenvalue weighted by Gasteiger charge is 2.26. The highest BCUT2D eigenvalue weighted by Crippen LogP contribution is 2.29. The number of carbonyl (C=O) groups excluding carboxylic acids is 1. The van der Waals surface area contributed by atoms with E-state index in [9.17, 15) is 18.8 Å². The van der Waals surface area contributed by atoms with Crippen LogP contribution >= 0.6 is 0 Å².